The average Bonchev–Trinajstić information content (AvgIpc) is 3.04. The summed E-state index contributed by atoms with van der Waals surface area (Å²) in [7, 11) is 1.63. The first-order valence-corrected chi connectivity index (χ1v) is 12.6. The third kappa shape index (κ3) is 5.17. The largest absolute Gasteiger partial charge is 0.497 e. The lowest BCUT2D eigenvalue weighted by Crippen LogP contribution is -2.57. The molecule has 2 saturated heterocycles. The number of carboxylic acid groups (broad SMARTS) is 1. The second kappa shape index (κ2) is 10.6. The number of methoxy groups -OCH3 is 1. The first-order valence-electron chi connectivity index (χ1n) is 12.6. The van der Waals surface area contributed by atoms with E-state index in [1.165, 1.54) is 4.90 Å². The molecule has 0 unspecified atom stereocenters. The fourth-order valence-electron chi connectivity index (χ4n) is 5.31. The quantitative estimate of drug-likeness (QED) is 0.534. The number of piperidine rings is 1. The van der Waals surface area contributed by atoms with Crippen LogP contribution in [0.4, 0.5) is 10.5 Å². The van der Waals surface area contributed by atoms with E-state index in [9.17, 15) is 14.4 Å². The van der Waals surface area contributed by atoms with Gasteiger partial charge in [0.2, 0.25) is 0 Å². The van der Waals surface area contributed by atoms with Crippen molar-refractivity contribution in [3.63, 3.8) is 0 Å². The molecule has 0 radical (unpaired) electrons. The number of imide groups is 1. The van der Waals surface area contributed by atoms with Crippen molar-refractivity contribution in [1.29, 1.82) is 0 Å². The Morgan fingerprint density at radius 3 is 2.36 bits per heavy atom. The number of anilines is 1. The molecule has 4 rings (SSSR count). The summed E-state index contributed by atoms with van der Waals surface area (Å²) in [4.78, 5) is 43.8. The minimum Gasteiger partial charge on any atom is -0.497 e. The molecule has 2 aliphatic heterocycles. The van der Waals surface area contributed by atoms with Crippen LogP contribution in [0.2, 0.25) is 0 Å². The van der Waals surface area contributed by atoms with Crippen molar-refractivity contribution in [2.45, 2.75) is 45.1 Å². The average molecular weight is 494 g/mol. The summed E-state index contributed by atoms with van der Waals surface area (Å²) in [5, 5.41) is 9.14. The van der Waals surface area contributed by atoms with E-state index in [4.69, 9.17) is 9.84 Å². The van der Waals surface area contributed by atoms with E-state index in [1.807, 2.05) is 62.4 Å². The van der Waals surface area contributed by atoms with Crippen LogP contribution in [0.1, 0.15) is 37.8 Å². The van der Waals surface area contributed by atoms with Gasteiger partial charge in [0.05, 0.1) is 13.5 Å². The number of benzene rings is 2. The lowest BCUT2D eigenvalue weighted by molar-refractivity contribution is -0.136. The van der Waals surface area contributed by atoms with Crippen molar-refractivity contribution < 1.29 is 24.2 Å². The number of aliphatic carboxylic acids is 1. The van der Waals surface area contributed by atoms with Crippen LogP contribution in [-0.2, 0) is 22.4 Å². The molecule has 2 aromatic rings. The maximum absolute atomic E-state index is 13.7. The van der Waals surface area contributed by atoms with E-state index in [0.717, 1.165) is 22.6 Å². The third-order valence-electron chi connectivity index (χ3n) is 7.17. The summed E-state index contributed by atoms with van der Waals surface area (Å²) in [5.74, 6) is 0.0203. The highest BCUT2D eigenvalue weighted by Gasteiger charge is 2.57. The molecule has 0 atom stereocenters. The van der Waals surface area contributed by atoms with E-state index in [1.54, 1.807) is 12.0 Å². The van der Waals surface area contributed by atoms with Gasteiger partial charge in [-0.1, -0.05) is 38.1 Å². The predicted molar refractivity (Wildman–Crippen MR) is 137 cm³/mol. The number of nitrogens with zero attached hydrogens (tertiary/aromatic N) is 3. The topological polar surface area (TPSA) is 90.4 Å². The standard InChI is InChI=1S/C28H35N3O5/c1-20(2)19-30-26(34)28(31(27(30)35)14-11-21-7-9-24(36-3)10-8-21)12-15-29(16-13-28)23-6-4-5-22(17-23)18-25(32)33/h4-10,17,20H,11-16,18-19H2,1-3H3,(H,32,33). The summed E-state index contributed by atoms with van der Waals surface area (Å²) in [6.45, 7) is 6.15. The Morgan fingerprint density at radius 2 is 1.75 bits per heavy atom. The number of carboxylic acids is 1. The molecule has 2 fully saturated rings. The summed E-state index contributed by atoms with van der Waals surface area (Å²) >= 11 is 0. The van der Waals surface area contributed by atoms with Crippen molar-refractivity contribution in [2.24, 2.45) is 5.92 Å². The molecular formula is C28H35N3O5. The molecule has 0 bridgehead atoms. The Labute approximate surface area is 212 Å². The van der Waals surface area contributed by atoms with Gasteiger partial charge in [-0.05, 0) is 60.6 Å². The number of ether oxygens (including phenoxy) is 1. The Morgan fingerprint density at radius 1 is 1.06 bits per heavy atom. The molecule has 1 N–H and O–H groups in total. The highest BCUT2D eigenvalue weighted by atomic mass is 16.5. The van der Waals surface area contributed by atoms with E-state index in [2.05, 4.69) is 4.90 Å². The van der Waals surface area contributed by atoms with Crippen LogP contribution in [0.3, 0.4) is 0 Å². The van der Waals surface area contributed by atoms with E-state index in [0.29, 0.717) is 45.4 Å². The van der Waals surface area contributed by atoms with Crippen molar-refractivity contribution in [3.8, 4) is 5.75 Å². The highest BCUT2D eigenvalue weighted by molar-refractivity contribution is 6.07. The number of urea groups is 1. The maximum Gasteiger partial charge on any atom is 0.327 e. The molecule has 2 aliphatic rings. The smallest absolute Gasteiger partial charge is 0.327 e. The predicted octanol–water partition coefficient (Wildman–Crippen LogP) is 3.82. The van der Waals surface area contributed by atoms with Crippen LogP contribution < -0.4 is 9.64 Å². The minimum absolute atomic E-state index is 0.0259. The van der Waals surface area contributed by atoms with Gasteiger partial charge < -0.3 is 19.6 Å². The van der Waals surface area contributed by atoms with Crippen molar-refractivity contribution in [1.82, 2.24) is 9.80 Å². The molecule has 1 spiro atoms. The number of hydrogen-bond acceptors (Lipinski definition) is 5. The van der Waals surface area contributed by atoms with Crippen molar-refractivity contribution in [2.75, 3.05) is 38.2 Å². The lowest BCUT2D eigenvalue weighted by Gasteiger charge is -2.43. The molecule has 36 heavy (non-hydrogen) atoms. The number of hydrogen-bond donors (Lipinski definition) is 1. The zero-order chi connectivity index (χ0) is 25.9. The zero-order valence-electron chi connectivity index (χ0n) is 21.3. The normalized spacial score (nSPS) is 17.4. The van der Waals surface area contributed by atoms with Gasteiger partial charge in [-0.3, -0.25) is 14.5 Å². The molecular weight excluding hydrogens is 458 g/mol. The maximum atomic E-state index is 13.7. The minimum atomic E-state index is -0.863. The molecule has 2 heterocycles. The van der Waals surface area contributed by atoms with Gasteiger partial charge in [-0.25, -0.2) is 4.79 Å². The third-order valence-corrected chi connectivity index (χ3v) is 7.17. The van der Waals surface area contributed by atoms with Crippen molar-refractivity contribution in [3.05, 3.63) is 59.7 Å². The van der Waals surface area contributed by atoms with E-state index in [-0.39, 0.29) is 24.3 Å². The summed E-state index contributed by atoms with van der Waals surface area (Å²) in [6, 6.07) is 15.2. The second-order valence-electron chi connectivity index (χ2n) is 10.1. The number of rotatable bonds is 9. The fraction of sp³-hybridized carbons (Fsp3) is 0.464. The highest BCUT2D eigenvalue weighted by Crippen LogP contribution is 2.39. The molecule has 3 amide bonds. The molecule has 8 heteroatoms. The Kier molecular flexibility index (Phi) is 7.52. The lowest BCUT2D eigenvalue weighted by atomic mass is 9.85. The van der Waals surface area contributed by atoms with Gasteiger partial charge in [0, 0.05) is 31.9 Å². The first-order chi connectivity index (χ1) is 17.2. The molecule has 192 valence electrons. The summed E-state index contributed by atoms with van der Waals surface area (Å²) < 4.78 is 5.24. The fourth-order valence-corrected chi connectivity index (χ4v) is 5.31. The van der Waals surface area contributed by atoms with E-state index >= 15 is 0 Å². The van der Waals surface area contributed by atoms with Gasteiger partial charge in [0.25, 0.3) is 5.91 Å². The summed E-state index contributed by atoms with van der Waals surface area (Å²) in [6.07, 6.45) is 1.71. The van der Waals surface area contributed by atoms with Crippen LogP contribution in [0.25, 0.3) is 0 Å². The van der Waals surface area contributed by atoms with E-state index < -0.39 is 11.5 Å². The molecule has 0 aliphatic carbocycles. The Bertz CT molecular complexity index is 1110. The van der Waals surface area contributed by atoms with Gasteiger partial charge in [0.15, 0.2) is 0 Å². The molecule has 8 nitrogen and oxygen atoms in total. The van der Waals surface area contributed by atoms with Crippen LogP contribution in [0, 0.1) is 5.92 Å². The van der Waals surface area contributed by atoms with Crippen LogP contribution >= 0.6 is 0 Å². The van der Waals surface area contributed by atoms with Gasteiger partial charge in [-0.2, -0.15) is 0 Å². The number of carbonyl (C=O) groups is 3. The van der Waals surface area contributed by atoms with Crippen LogP contribution in [-0.4, -0.2) is 71.6 Å². The SMILES string of the molecule is COc1ccc(CCN2C(=O)N(CC(C)C)C(=O)C23CCN(c2cccc(CC(=O)O)c2)CC3)cc1. The van der Waals surface area contributed by atoms with Gasteiger partial charge >= 0.3 is 12.0 Å². The monoisotopic (exact) mass is 493 g/mol. The first kappa shape index (κ1) is 25.5. The van der Waals surface area contributed by atoms with Crippen LogP contribution in [0.5, 0.6) is 5.75 Å². The number of amides is 3. The second-order valence-corrected chi connectivity index (χ2v) is 10.1. The zero-order valence-corrected chi connectivity index (χ0v) is 21.3. The Hall–Kier alpha value is -3.55. The summed E-state index contributed by atoms with van der Waals surface area (Å²) in [5.41, 5.74) is 1.94. The van der Waals surface area contributed by atoms with Crippen LogP contribution in [0.15, 0.2) is 48.5 Å². The van der Waals surface area contributed by atoms with Crippen molar-refractivity contribution >= 4 is 23.6 Å². The number of carbonyl (C=O) groups excluding carboxylic acids is 2. The molecule has 2 aromatic carbocycles. The Balaban J connectivity index is 1.53. The molecule has 0 saturated carbocycles. The van der Waals surface area contributed by atoms with Gasteiger partial charge in [0.1, 0.15) is 11.3 Å². The molecule has 0 aromatic heterocycles. The van der Waals surface area contributed by atoms with Gasteiger partial charge in [-0.15, -0.1) is 0 Å².